The topological polar surface area (TPSA) is 24.5 Å². The van der Waals surface area contributed by atoms with Crippen molar-refractivity contribution in [3.63, 3.8) is 0 Å². The highest BCUT2D eigenvalue weighted by Crippen LogP contribution is 2.28. The minimum Gasteiger partial charge on any atom is -0.382 e. The summed E-state index contributed by atoms with van der Waals surface area (Å²) in [6.45, 7) is 11.3. The van der Waals surface area contributed by atoms with Gasteiger partial charge in [0, 0.05) is 32.8 Å². The standard InChI is InChI=1S/C12H24N2OS/c1-4-15-9-5-7-13-11(16)14-8-6-12(2,3)10-14/h4-10H2,1-3H3,(H,13,16). The largest absolute Gasteiger partial charge is 0.382 e. The second-order valence-corrected chi connectivity index (χ2v) is 5.50. The van der Waals surface area contributed by atoms with Crippen LogP contribution in [0.15, 0.2) is 0 Å². The van der Waals surface area contributed by atoms with Gasteiger partial charge in [0.25, 0.3) is 0 Å². The van der Waals surface area contributed by atoms with Crippen LogP contribution in [0.2, 0.25) is 0 Å². The van der Waals surface area contributed by atoms with Gasteiger partial charge in [0.2, 0.25) is 0 Å². The minimum absolute atomic E-state index is 0.414. The Balaban J connectivity index is 2.12. The highest BCUT2D eigenvalue weighted by Gasteiger charge is 2.30. The molecule has 1 N–H and O–H groups in total. The van der Waals surface area contributed by atoms with Gasteiger partial charge in [-0.2, -0.15) is 0 Å². The van der Waals surface area contributed by atoms with Gasteiger partial charge >= 0.3 is 0 Å². The van der Waals surface area contributed by atoms with E-state index in [0.717, 1.165) is 44.4 Å². The number of hydrogen-bond donors (Lipinski definition) is 1. The normalized spacial score (nSPS) is 18.8. The van der Waals surface area contributed by atoms with Gasteiger partial charge in [-0.05, 0) is 37.4 Å². The molecule has 0 aliphatic carbocycles. The molecule has 0 atom stereocenters. The summed E-state index contributed by atoms with van der Waals surface area (Å²) < 4.78 is 5.28. The number of ether oxygens (including phenoxy) is 1. The van der Waals surface area contributed by atoms with Gasteiger partial charge in [-0.15, -0.1) is 0 Å². The van der Waals surface area contributed by atoms with Crippen molar-refractivity contribution in [3.8, 4) is 0 Å². The first-order valence-electron chi connectivity index (χ1n) is 6.16. The second kappa shape index (κ2) is 6.40. The van der Waals surface area contributed by atoms with Gasteiger partial charge in [0.05, 0.1) is 0 Å². The molecule has 0 bridgehead atoms. The first kappa shape index (κ1) is 13.7. The van der Waals surface area contributed by atoms with Crippen molar-refractivity contribution < 1.29 is 4.74 Å². The van der Waals surface area contributed by atoms with Crippen LogP contribution in [0.4, 0.5) is 0 Å². The summed E-state index contributed by atoms with van der Waals surface area (Å²) in [5.74, 6) is 0. The first-order valence-corrected chi connectivity index (χ1v) is 6.56. The number of likely N-dealkylation sites (tertiary alicyclic amines) is 1. The van der Waals surface area contributed by atoms with E-state index in [2.05, 4.69) is 24.1 Å². The lowest BCUT2D eigenvalue weighted by atomic mass is 9.93. The minimum atomic E-state index is 0.414. The van der Waals surface area contributed by atoms with Crippen LogP contribution >= 0.6 is 12.2 Å². The molecule has 1 saturated heterocycles. The van der Waals surface area contributed by atoms with E-state index in [4.69, 9.17) is 17.0 Å². The van der Waals surface area contributed by atoms with E-state index in [1.54, 1.807) is 0 Å². The third-order valence-corrected chi connectivity index (χ3v) is 3.31. The molecule has 0 unspecified atom stereocenters. The van der Waals surface area contributed by atoms with Gasteiger partial charge < -0.3 is 15.0 Å². The molecule has 1 aliphatic heterocycles. The smallest absolute Gasteiger partial charge is 0.168 e. The van der Waals surface area contributed by atoms with Gasteiger partial charge in [-0.1, -0.05) is 13.8 Å². The Morgan fingerprint density at radius 2 is 2.25 bits per heavy atom. The van der Waals surface area contributed by atoms with Crippen LogP contribution < -0.4 is 5.32 Å². The van der Waals surface area contributed by atoms with E-state index in [9.17, 15) is 0 Å². The van der Waals surface area contributed by atoms with Crippen molar-refractivity contribution in [2.45, 2.75) is 33.6 Å². The summed E-state index contributed by atoms with van der Waals surface area (Å²) in [7, 11) is 0. The quantitative estimate of drug-likeness (QED) is 0.591. The molecular formula is C12H24N2OS. The van der Waals surface area contributed by atoms with E-state index in [-0.39, 0.29) is 0 Å². The molecule has 16 heavy (non-hydrogen) atoms. The van der Waals surface area contributed by atoms with Crippen LogP contribution in [0.25, 0.3) is 0 Å². The number of nitrogens with one attached hydrogen (secondary N) is 1. The van der Waals surface area contributed by atoms with Crippen LogP contribution in [-0.2, 0) is 4.74 Å². The van der Waals surface area contributed by atoms with Gasteiger partial charge in [-0.3, -0.25) is 0 Å². The van der Waals surface area contributed by atoms with E-state index < -0.39 is 0 Å². The molecule has 4 heteroatoms. The predicted octanol–water partition coefficient (Wildman–Crippen LogP) is 2.02. The van der Waals surface area contributed by atoms with Crippen LogP contribution in [-0.4, -0.2) is 42.9 Å². The maximum Gasteiger partial charge on any atom is 0.168 e. The molecule has 3 nitrogen and oxygen atoms in total. The van der Waals surface area contributed by atoms with Crippen LogP contribution in [0, 0.1) is 5.41 Å². The molecule has 0 spiro atoms. The van der Waals surface area contributed by atoms with E-state index in [0.29, 0.717) is 5.41 Å². The summed E-state index contributed by atoms with van der Waals surface area (Å²) in [5, 5.41) is 4.20. The summed E-state index contributed by atoms with van der Waals surface area (Å²) >= 11 is 5.37. The molecule has 0 saturated carbocycles. The third-order valence-electron chi connectivity index (χ3n) is 2.91. The van der Waals surface area contributed by atoms with Crippen molar-refractivity contribution in [1.82, 2.24) is 10.2 Å². The summed E-state index contributed by atoms with van der Waals surface area (Å²) in [5.41, 5.74) is 0.414. The highest BCUT2D eigenvalue weighted by atomic mass is 32.1. The fourth-order valence-electron chi connectivity index (χ4n) is 1.91. The van der Waals surface area contributed by atoms with Crippen LogP contribution in [0.1, 0.15) is 33.6 Å². The molecule has 94 valence electrons. The number of rotatable bonds is 5. The average Bonchev–Trinajstić information content (AvgIpc) is 2.58. The zero-order valence-electron chi connectivity index (χ0n) is 10.7. The van der Waals surface area contributed by atoms with Crippen molar-refractivity contribution in [2.75, 3.05) is 32.8 Å². The monoisotopic (exact) mass is 244 g/mol. The van der Waals surface area contributed by atoms with Crippen molar-refractivity contribution >= 4 is 17.3 Å². The van der Waals surface area contributed by atoms with Gasteiger partial charge in [0.15, 0.2) is 5.11 Å². The van der Waals surface area contributed by atoms with Crippen molar-refractivity contribution in [2.24, 2.45) is 5.41 Å². The molecule has 0 amide bonds. The zero-order chi connectivity index (χ0) is 12.0. The number of nitrogens with zero attached hydrogens (tertiary/aromatic N) is 1. The third kappa shape index (κ3) is 4.66. The predicted molar refractivity (Wildman–Crippen MR) is 71.7 cm³/mol. The Hall–Kier alpha value is -0.350. The summed E-state index contributed by atoms with van der Waals surface area (Å²) in [6.07, 6.45) is 2.25. The van der Waals surface area contributed by atoms with E-state index in [1.165, 1.54) is 6.42 Å². The Bertz CT molecular complexity index is 231. The molecule has 0 radical (unpaired) electrons. The van der Waals surface area contributed by atoms with Gasteiger partial charge in [0.1, 0.15) is 0 Å². The maximum atomic E-state index is 5.37. The van der Waals surface area contributed by atoms with Crippen molar-refractivity contribution in [1.29, 1.82) is 0 Å². The zero-order valence-corrected chi connectivity index (χ0v) is 11.5. The molecule has 1 fully saturated rings. The van der Waals surface area contributed by atoms with E-state index in [1.807, 2.05) is 6.92 Å². The molecule has 1 rings (SSSR count). The van der Waals surface area contributed by atoms with E-state index >= 15 is 0 Å². The lowest BCUT2D eigenvalue weighted by Gasteiger charge is -2.22. The number of hydrogen-bond acceptors (Lipinski definition) is 2. The highest BCUT2D eigenvalue weighted by molar-refractivity contribution is 7.80. The molecule has 1 aliphatic rings. The number of thiocarbonyl (C=S) groups is 1. The fraction of sp³-hybridized carbons (Fsp3) is 0.917. The lowest BCUT2D eigenvalue weighted by molar-refractivity contribution is 0.145. The summed E-state index contributed by atoms with van der Waals surface area (Å²) in [4.78, 5) is 2.27. The lowest BCUT2D eigenvalue weighted by Crippen LogP contribution is -2.39. The second-order valence-electron chi connectivity index (χ2n) is 5.12. The molecule has 0 aromatic heterocycles. The van der Waals surface area contributed by atoms with Gasteiger partial charge in [-0.25, -0.2) is 0 Å². The molecular weight excluding hydrogens is 220 g/mol. The Kier molecular flexibility index (Phi) is 5.49. The maximum absolute atomic E-state index is 5.37. The molecule has 0 aromatic carbocycles. The summed E-state index contributed by atoms with van der Waals surface area (Å²) in [6, 6.07) is 0. The SMILES string of the molecule is CCOCCCNC(=S)N1CCC(C)(C)C1. The fourth-order valence-corrected chi connectivity index (χ4v) is 2.17. The van der Waals surface area contributed by atoms with Crippen LogP contribution in [0.3, 0.4) is 0 Å². The Morgan fingerprint density at radius 1 is 1.50 bits per heavy atom. The van der Waals surface area contributed by atoms with Crippen LogP contribution in [0.5, 0.6) is 0 Å². The Morgan fingerprint density at radius 3 is 2.81 bits per heavy atom. The molecule has 0 aromatic rings. The Labute approximate surface area is 105 Å². The van der Waals surface area contributed by atoms with Crippen molar-refractivity contribution in [3.05, 3.63) is 0 Å². The molecule has 1 heterocycles. The average molecular weight is 244 g/mol. The first-order chi connectivity index (χ1) is 7.55.